The molecule has 1 fully saturated rings. The number of para-hydroxylation sites is 4. The summed E-state index contributed by atoms with van der Waals surface area (Å²) in [5.41, 5.74) is 15.1. The fraction of sp³-hybridized carbons (Fsp3) is 0.0566. The molecule has 1 spiro atoms. The normalized spacial score (nSPS) is 13.5. The fourth-order valence-electron chi connectivity index (χ4n) is 9.27. The molecule has 9 aromatic rings. The molecule has 2 aliphatic carbocycles. The van der Waals surface area contributed by atoms with Gasteiger partial charge in [0, 0.05) is 39.2 Å². The molecule has 55 heavy (non-hydrogen) atoms. The van der Waals surface area contributed by atoms with Crippen LogP contribution in [-0.4, -0.2) is 0 Å². The SMILES string of the molecule is c1ccc(N(c2ccccc2)c2ccc3c(c2)C2(CC2)c2cccc4c(-c5ccc(N(c6ccccc6)c6ccccc6)c6ccccc56)ccc-3c24)cc1. The van der Waals surface area contributed by atoms with E-state index in [9.17, 15) is 0 Å². The molecular formula is C53H38N2. The molecular weight excluding hydrogens is 665 g/mol. The maximum atomic E-state index is 2.48. The Morgan fingerprint density at radius 3 is 1.38 bits per heavy atom. The van der Waals surface area contributed by atoms with Crippen LogP contribution in [-0.2, 0) is 5.41 Å². The first-order valence-electron chi connectivity index (χ1n) is 19.3. The number of fused-ring (bicyclic) bond motifs is 5. The van der Waals surface area contributed by atoms with Crippen molar-refractivity contribution in [1.82, 2.24) is 0 Å². The lowest BCUT2D eigenvalue weighted by molar-refractivity contribution is 0.853. The topological polar surface area (TPSA) is 6.48 Å². The van der Waals surface area contributed by atoms with Crippen molar-refractivity contribution in [3.63, 3.8) is 0 Å². The highest BCUT2D eigenvalue weighted by molar-refractivity contribution is 6.15. The zero-order valence-corrected chi connectivity index (χ0v) is 30.4. The third kappa shape index (κ3) is 5.02. The molecule has 0 saturated heterocycles. The van der Waals surface area contributed by atoms with Gasteiger partial charge in [0.15, 0.2) is 0 Å². The van der Waals surface area contributed by atoms with Gasteiger partial charge in [0.05, 0.1) is 5.69 Å². The molecule has 0 N–H and O–H groups in total. The van der Waals surface area contributed by atoms with Gasteiger partial charge in [-0.2, -0.15) is 0 Å². The lowest BCUT2D eigenvalue weighted by atomic mass is 9.73. The molecule has 2 nitrogen and oxygen atoms in total. The molecule has 0 unspecified atom stereocenters. The summed E-state index contributed by atoms with van der Waals surface area (Å²) in [7, 11) is 0. The van der Waals surface area contributed by atoms with Crippen LogP contribution in [0.1, 0.15) is 24.0 Å². The Kier molecular flexibility index (Phi) is 7.25. The summed E-state index contributed by atoms with van der Waals surface area (Å²) in [6, 6.07) is 75.5. The summed E-state index contributed by atoms with van der Waals surface area (Å²) in [4.78, 5) is 4.77. The quantitative estimate of drug-likeness (QED) is 0.163. The van der Waals surface area contributed by atoms with Gasteiger partial charge in [-0.15, -0.1) is 0 Å². The molecule has 2 aliphatic rings. The van der Waals surface area contributed by atoms with Gasteiger partial charge in [0.2, 0.25) is 0 Å². The molecule has 0 bridgehead atoms. The Hall–Kier alpha value is -6.90. The summed E-state index contributed by atoms with van der Waals surface area (Å²) >= 11 is 0. The van der Waals surface area contributed by atoms with Crippen LogP contribution in [0.2, 0.25) is 0 Å². The van der Waals surface area contributed by atoms with E-state index < -0.39 is 0 Å². The molecule has 260 valence electrons. The Morgan fingerprint density at radius 1 is 0.309 bits per heavy atom. The van der Waals surface area contributed by atoms with Crippen LogP contribution in [0.3, 0.4) is 0 Å². The van der Waals surface area contributed by atoms with E-state index in [4.69, 9.17) is 0 Å². The van der Waals surface area contributed by atoms with Crippen molar-refractivity contribution in [2.45, 2.75) is 18.3 Å². The molecule has 2 heteroatoms. The highest BCUT2D eigenvalue weighted by Crippen LogP contribution is 2.62. The molecule has 0 radical (unpaired) electrons. The maximum absolute atomic E-state index is 2.48. The van der Waals surface area contributed by atoms with E-state index in [2.05, 4.69) is 216 Å². The van der Waals surface area contributed by atoms with Gasteiger partial charge in [0.25, 0.3) is 0 Å². The predicted octanol–water partition coefficient (Wildman–Crippen LogP) is 14.7. The molecule has 0 aliphatic heterocycles. The largest absolute Gasteiger partial charge is 0.310 e. The number of hydrogen-bond donors (Lipinski definition) is 0. The van der Waals surface area contributed by atoms with E-state index in [0.29, 0.717) is 0 Å². The lowest BCUT2D eigenvalue weighted by Gasteiger charge is -2.32. The smallest absolute Gasteiger partial charge is 0.0540 e. The standard InChI is InChI=1S/C53H38N2/c1-5-16-37(17-6-1)54(38-18-7-2-8-19-38)41-28-29-45-48-31-30-44(47-26-15-27-49(52(47)48)53(34-35-53)50(45)36-41)43-32-33-51(46-25-14-13-24-42(43)46)55(39-20-9-3-10-21-39)40-22-11-4-12-23-40/h1-33,36H,34-35H2. The Bertz CT molecular complexity index is 2780. The van der Waals surface area contributed by atoms with Gasteiger partial charge in [-0.05, 0) is 129 Å². The van der Waals surface area contributed by atoms with Crippen molar-refractivity contribution >= 4 is 55.7 Å². The minimum atomic E-state index is 0.0211. The third-order valence-electron chi connectivity index (χ3n) is 11.9. The second kappa shape index (κ2) is 12.6. The molecule has 0 aromatic heterocycles. The van der Waals surface area contributed by atoms with Gasteiger partial charge < -0.3 is 9.80 Å². The third-order valence-corrected chi connectivity index (χ3v) is 11.9. The maximum Gasteiger partial charge on any atom is 0.0540 e. The fourth-order valence-corrected chi connectivity index (χ4v) is 9.27. The van der Waals surface area contributed by atoms with Crippen molar-refractivity contribution in [2.24, 2.45) is 0 Å². The van der Waals surface area contributed by atoms with Gasteiger partial charge >= 0.3 is 0 Å². The van der Waals surface area contributed by atoms with Crippen LogP contribution < -0.4 is 9.80 Å². The number of nitrogens with zero attached hydrogens (tertiary/aromatic N) is 2. The van der Waals surface area contributed by atoms with Crippen LogP contribution in [0, 0.1) is 0 Å². The highest BCUT2D eigenvalue weighted by atomic mass is 15.1. The molecule has 9 aromatic carbocycles. The minimum Gasteiger partial charge on any atom is -0.310 e. The lowest BCUT2D eigenvalue weighted by Crippen LogP contribution is -2.17. The Balaban J connectivity index is 1.08. The first-order valence-corrected chi connectivity index (χ1v) is 19.3. The highest BCUT2D eigenvalue weighted by Gasteiger charge is 2.50. The number of hydrogen-bond acceptors (Lipinski definition) is 2. The van der Waals surface area contributed by atoms with E-state index in [1.807, 2.05) is 0 Å². The van der Waals surface area contributed by atoms with Crippen LogP contribution in [0.15, 0.2) is 206 Å². The van der Waals surface area contributed by atoms with Crippen molar-refractivity contribution in [2.75, 3.05) is 9.80 Å². The number of benzene rings is 9. The molecule has 11 rings (SSSR count). The van der Waals surface area contributed by atoms with E-state index in [1.165, 1.54) is 66.3 Å². The van der Waals surface area contributed by atoms with Crippen LogP contribution in [0.5, 0.6) is 0 Å². The summed E-state index contributed by atoms with van der Waals surface area (Å²) in [6.45, 7) is 0. The first-order chi connectivity index (χ1) is 27.3. The molecule has 1 saturated carbocycles. The van der Waals surface area contributed by atoms with Crippen molar-refractivity contribution in [1.29, 1.82) is 0 Å². The Labute approximate surface area is 322 Å². The monoisotopic (exact) mass is 702 g/mol. The van der Waals surface area contributed by atoms with Crippen molar-refractivity contribution < 1.29 is 0 Å². The van der Waals surface area contributed by atoms with E-state index in [0.717, 1.165) is 35.6 Å². The molecule has 0 atom stereocenters. The zero-order chi connectivity index (χ0) is 36.3. The van der Waals surface area contributed by atoms with Gasteiger partial charge in [0.1, 0.15) is 0 Å². The summed E-state index contributed by atoms with van der Waals surface area (Å²) < 4.78 is 0. The van der Waals surface area contributed by atoms with Crippen LogP contribution in [0.25, 0.3) is 43.8 Å². The van der Waals surface area contributed by atoms with Crippen LogP contribution >= 0.6 is 0 Å². The van der Waals surface area contributed by atoms with Crippen molar-refractivity contribution in [3.8, 4) is 22.3 Å². The van der Waals surface area contributed by atoms with Crippen molar-refractivity contribution in [3.05, 3.63) is 217 Å². The number of anilines is 6. The van der Waals surface area contributed by atoms with E-state index >= 15 is 0 Å². The summed E-state index contributed by atoms with van der Waals surface area (Å²) in [5, 5.41) is 5.21. The Morgan fingerprint density at radius 2 is 0.782 bits per heavy atom. The van der Waals surface area contributed by atoms with Crippen LogP contribution in [0.4, 0.5) is 34.1 Å². The average Bonchev–Trinajstić information content (AvgIpc) is 4.06. The van der Waals surface area contributed by atoms with Gasteiger partial charge in [-0.25, -0.2) is 0 Å². The van der Waals surface area contributed by atoms with Gasteiger partial charge in [-0.3, -0.25) is 0 Å². The first kappa shape index (κ1) is 31.6. The predicted molar refractivity (Wildman–Crippen MR) is 232 cm³/mol. The van der Waals surface area contributed by atoms with E-state index in [-0.39, 0.29) is 5.41 Å². The minimum absolute atomic E-state index is 0.0211. The second-order valence-corrected chi connectivity index (χ2v) is 14.9. The molecule has 0 amide bonds. The zero-order valence-electron chi connectivity index (χ0n) is 30.4. The van der Waals surface area contributed by atoms with Gasteiger partial charge in [-0.1, -0.05) is 140 Å². The average molecular weight is 703 g/mol. The number of rotatable bonds is 7. The second-order valence-electron chi connectivity index (χ2n) is 14.9. The van der Waals surface area contributed by atoms with E-state index in [1.54, 1.807) is 0 Å². The molecule has 0 heterocycles. The summed E-state index contributed by atoms with van der Waals surface area (Å²) in [6.07, 6.45) is 2.32. The summed E-state index contributed by atoms with van der Waals surface area (Å²) in [5.74, 6) is 0.